The van der Waals surface area contributed by atoms with E-state index in [-0.39, 0.29) is 0 Å². The zero-order valence-corrected chi connectivity index (χ0v) is 14.1. The first-order valence-electron chi connectivity index (χ1n) is 7.60. The molecule has 25 heavy (non-hydrogen) atoms. The Kier molecular flexibility index (Phi) is 3.95. The van der Waals surface area contributed by atoms with Crippen LogP contribution in [-0.2, 0) is 4.74 Å². The van der Waals surface area contributed by atoms with Gasteiger partial charge in [-0.15, -0.1) is 16.4 Å². The molecule has 0 spiro atoms. The van der Waals surface area contributed by atoms with E-state index in [0.717, 1.165) is 15.2 Å². The summed E-state index contributed by atoms with van der Waals surface area (Å²) >= 11 is 1.52. The van der Waals surface area contributed by atoms with E-state index in [4.69, 9.17) is 4.74 Å². The van der Waals surface area contributed by atoms with Crippen LogP contribution in [0.25, 0.3) is 15.9 Å². The lowest BCUT2D eigenvalue weighted by Gasteiger charge is -2.11. The fourth-order valence-electron chi connectivity index (χ4n) is 2.40. The van der Waals surface area contributed by atoms with Gasteiger partial charge in [0.1, 0.15) is 11.3 Å². The summed E-state index contributed by atoms with van der Waals surface area (Å²) in [6.07, 6.45) is 1.04. The van der Waals surface area contributed by atoms with Crippen LogP contribution in [0, 0.1) is 0 Å². The van der Waals surface area contributed by atoms with E-state index >= 15 is 0 Å². The second-order valence-corrected chi connectivity index (χ2v) is 6.43. The fourth-order valence-corrected chi connectivity index (χ4v) is 3.35. The molecule has 0 radical (unpaired) electrons. The molecule has 8 heteroatoms. The van der Waals surface area contributed by atoms with E-state index in [1.165, 1.54) is 22.3 Å². The molecular weight excluding hydrogens is 338 g/mol. The molecule has 0 N–H and O–H groups in total. The number of esters is 1. The Bertz CT molecular complexity index is 995. The lowest BCUT2D eigenvalue weighted by molar-refractivity contribution is 0.0337. The van der Waals surface area contributed by atoms with Crippen molar-refractivity contribution in [1.29, 1.82) is 0 Å². The molecule has 2 aromatic heterocycles. The van der Waals surface area contributed by atoms with Gasteiger partial charge in [0, 0.05) is 0 Å². The zero-order chi connectivity index (χ0) is 17.2. The number of para-hydroxylation sites is 1. The number of hydrogen-bond acceptors (Lipinski definition) is 7. The van der Waals surface area contributed by atoms with Crippen LogP contribution in [0.5, 0.6) is 0 Å². The smallest absolute Gasteiger partial charge is 0.338 e. The molecule has 0 fully saturated rings. The number of aromatic nitrogens is 5. The molecule has 0 amide bonds. The number of benzene rings is 2. The van der Waals surface area contributed by atoms with Gasteiger partial charge in [0.2, 0.25) is 0 Å². The van der Waals surface area contributed by atoms with Gasteiger partial charge in [-0.05, 0) is 47.7 Å². The van der Waals surface area contributed by atoms with Gasteiger partial charge in [0.05, 0.1) is 21.5 Å². The van der Waals surface area contributed by atoms with Gasteiger partial charge in [-0.3, -0.25) is 0 Å². The van der Waals surface area contributed by atoms with Crippen LogP contribution in [0.1, 0.15) is 28.4 Å². The summed E-state index contributed by atoms with van der Waals surface area (Å²) in [5.41, 5.74) is 2.03. The summed E-state index contributed by atoms with van der Waals surface area (Å²) in [5, 5.41) is 11.8. The molecule has 0 unspecified atom stereocenters. The third kappa shape index (κ3) is 3.11. The summed E-state index contributed by atoms with van der Waals surface area (Å²) in [6, 6.07) is 14.8. The van der Waals surface area contributed by atoms with Crippen molar-refractivity contribution < 1.29 is 9.53 Å². The van der Waals surface area contributed by atoms with Gasteiger partial charge in [-0.2, -0.15) is 0 Å². The first-order valence-corrected chi connectivity index (χ1v) is 8.42. The van der Waals surface area contributed by atoms with Crippen molar-refractivity contribution in [3.05, 3.63) is 65.4 Å². The highest BCUT2D eigenvalue weighted by Gasteiger charge is 2.18. The van der Waals surface area contributed by atoms with Crippen LogP contribution in [0.4, 0.5) is 0 Å². The van der Waals surface area contributed by atoms with E-state index < -0.39 is 12.1 Å². The first kappa shape index (κ1) is 15.4. The zero-order valence-electron chi connectivity index (χ0n) is 13.2. The van der Waals surface area contributed by atoms with Crippen molar-refractivity contribution in [2.45, 2.75) is 13.0 Å². The Morgan fingerprint density at radius 2 is 2.08 bits per heavy atom. The number of hydrogen-bond donors (Lipinski definition) is 0. The van der Waals surface area contributed by atoms with Gasteiger partial charge in [-0.25, -0.2) is 14.5 Å². The molecule has 2 heterocycles. The lowest BCUT2D eigenvalue weighted by atomic mass is 10.2. The lowest BCUT2D eigenvalue weighted by Crippen LogP contribution is -2.09. The highest BCUT2D eigenvalue weighted by Crippen LogP contribution is 2.28. The van der Waals surface area contributed by atoms with E-state index in [1.807, 2.05) is 37.3 Å². The quantitative estimate of drug-likeness (QED) is 0.525. The number of thiazole rings is 1. The molecule has 4 rings (SSSR count). The van der Waals surface area contributed by atoms with Crippen molar-refractivity contribution in [2.24, 2.45) is 0 Å². The van der Waals surface area contributed by atoms with Crippen molar-refractivity contribution in [3.63, 3.8) is 0 Å². The topological polar surface area (TPSA) is 82.8 Å². The maximum absolute atomic E-state index is 12.5. The molecule has 4 aromatic rings. The number of nitrogens with zero attached hydrogens (tertiary/aromatic N) is 5. The number of tetrazole rings is 1. The van der Waals surface area contributed by atoms with Crippen LogP contribution < -0.4 is 0 Å². The highest BCUT2D eigenvalue weighted by atomic mass is 32.1. The SMILES string of the molecule is C[C@H](OC(=O)c1cccc(-n2cnnn2)c1)c1nc2ccccc2s1. The van der Waals surface area contributed by atoms with Gasteiger partial charge < -0.3 is 4.74 Å². The average Bonchev–Trinajstić information content (AvgIpc) is 3.31. The van der Waals surface area contributed by atoms with Gasteiger partial charge >= 0.3 is 5.97 Å². The predicted octanol–water partition coefficient (Wildman–Crippen LogP) is 3.19. The van der Waals surface area contributed by atoms with E-state index in [2.05, 4.69) is 20.5 Å². The standard InChI is InChI=1S/C17H13N5O2S/c1-11(16-19-14-7-2-3-8-15(14)25-16)24-17(23)12-5-4-6-13(9-12)22-10-18-20-21-22/h2-11H,1H3/t11-/m0/s1. The Morgan fingerprint density at radius 1 is 1.20 bits per heavy atom. The van der Waals surface area contributed by atoms with Crippen LogP contribution in [-0.4, -0.2) is 31.2 Å². The number of rotatable bonds is 4. The maximum Gasteiger partial charge on any atom is 0.338 e. The molecule has 1 atom stereocenters. The van der Waals surface area contributed by atoms with E-state index in [0.29, 0.717) is 11.3 Å². The van der Waals surface area contributed by atoms with E-state index in [9.17, 15) is 4.79 Å². The van der Waals surface area contributed by atoms with Gasteiger partial charge in [0.15, 0.2) is 6.10 Å². The van der Waals surface area contributed by atoms with Crippen molar-refractivity contribution in [1.82, 2.24) is 25.2 Å². The summed E-state index contributed by atoms with van der Waals surface area (Å²) in [7, 11) is 0. The highest BCUT2D eigenvalue weighted by molar-refractivity contribution is 7.18. The molecule has 124 valence electrons. The molecular formula is C17H13N5O2S. The summed E-state index contributed by atoms with van der Waals surface area (Å²) in [4.78, 5) is 17.0. The summed E-state index contributed by atoms with van der Waals surface area (Å²) in [5.74, 6) is -0.415. The minimum Gasteiger partial charge on any atom is -0.452 e. The monoisotopic (exact) mass is 351 g/mol. The number of carbonyl (C=O) groups excluding carboxylic acids is 1. The van der Waals surface area contributed by atoms with Crippen LogP contribution >= 0.6 is 11.3 Å². The fraction of sp³-hybridized carbons (Fsp3) is 0.118. The number of fused-ring (bicyclic) bond motifs is 1. The van der Waals surface area contributed by atoms with Crippen molar-refractivity contribution in [3.8, 4) is 5.69 Å². The maximum atomic E-state index is 12.5. The summed E-state index contributed by atoms with van der Waals surface area (Å²) < 4.78 is 8.12. The second kappa shape index (κ2) is 6.40. The Hall–Kier alpha value is -3.13. The van der Waals surface area contributed by atoms with E-state index in [1.54, 1.807) is 18.2 Å². The van der Waals surface area contributed by atoms with Crippen molar-refractivity contribution in [2.75, 3.05) is 0 Å². The molecule has 7 nitrogen and oxygen atoms in total. The Morgan fingerprint density at radius 3 is 2.88 bits per heavy atom. The molecule has 0 bridgehead atoms. The molecule has 0 aliphatic carbocycles. The average molecular weight is 351 g/mol. The van der Waals surface area contributed by atoms with Crippen molar-refractivity contribution >= 4 is 27.5 Å². The number of carbonyl (C=O) groups is 1. The Balaban J connectivity index is 1.54. The van der Waals surface area contributed by atoms with Crippen LogP contribution in [0.15, 0.2) is 54.9 Å². The minimum atomic E-state index is -0.429. The third-order valence-electron chi connectivity index (χ3n) is 3.64. The molecule has 0 saturated carbocycles. The summed E-state index contributed by atoms with van der Waals surface area (Å²) in [6.45, 7) is 1.82. The number of ether oxygens (including phenoxy) is 1. The van der Waals surface area contributed by atoms with Gasteiger partial charge in [-0.1, -0.05) is 18.2 Å². The third-order valence-corrected chi connectivity index (χ3v) is 4.83. The largest absolute Gasteiger partial charge is 0.452 e. The minimum absolute atomic E-state index is 0.415. The Labute approximate surface area is 146 Å². The van der Waals surface area contributed by atoms with Crippen LogP contribution in [0.3, 0.4) is 0 Å². The predicted molar refractivity (Wildman–Crippen MR) is 92.6 cm³/mol. The molecule has 0 saturated heterocycles. The molecule has 2 aromatic carbocycles. The molecule has 0 aliphatic heterocycles. The first-order chi connectivity index (χ1) is 12.2. The van der Waals surface area contributed by atoms with Gasteiger partial charge in [0.25, 0.3) is 0 Å². The molecule has 0 aliphatic rings. The van der Waals surface area contributed by atoms with Crippen LogP contribution in [0.2, 0.25) is 0 Å². The second-order valence-electron chi connectivity index (χ2n) is 5.37. The normalized spacial score (nSPS) is 12.2.